The molecular weight excluding hydrogens is 152 g/mol. The van der Waals surface area contributed by atoms with Crippen molar-refractivity contribution in [3.05, 3.63) is 28.2 Å². The van der Waals surface area contributed by atoms with Gasteiger partial charge in [0.2, 0.25) is 0 Å². The summed E-state index contributed by atoms with van der Waals surface area (Å²) in [7, 11) is 0. The van der Waals surface area contributed by atoms with Crippen molar-refractivity contribution in [2.75, 3.05) is 5.73 Å². The van der Waals surface area contributed by atoms with E-state index in [1.807, 2.05) is 0 Å². The Morgan fingerprint density at radius 1 is 1.70 bits per heavy atom. The molecule has 10 heavy (non-hydrogen) atoms. The van der Waals surface area contributed by atoms with Crippen LogP contribution in [0.5, 0.6) is 0 Å². The van der Waals surface area contributed by atoms with Crippen molar-refractivity contribution in [3.63, 3.8) is 0 Å². The van der Waals surface area contributed by atoms with Gasteiger partial charge in [0.15, 0.2) is 0 Å². The molecule has 3 nitrogen and oxygen atoms in total. The van der Waals surface area contributed by atoms with E-state index in [-0.39, 0.29) is 11.4 Å². The second-order valence-corrected chi connectivity index (χ2v) is 2.19. The third kappa shape index (κ3) is 1.30. The summed E-state index contributed by atoms with van der Waals surface area (Å²) < 4.78 is 0. The molecule has 0 saturated carbocycles. The van der Waals surface area contributed by atoms with Gasteiger partial charge in [-0.2, -0.15) is 0 Å². The normalized spacial score (nSPS) is 9.70. The second-order valence-electron chi connectivity index (χ2n) is 1.92. The highest BCUT2D eigenvalue weighted by atomic mass is 35.5. The average Bonchev–Trinajstić information content (AvgIpc) is 1.94. The third-order valence-electron chi connectivity index (χ3n) is 1.15. The van der Waals surface area contributed by atoms with E-state index in [1.165, 1.54) is 6.20 Å². The van der Waals surface area contributed by atoms with Gasteiger partial charge in [0.05, 0.1) is 5.88 Å². The van der Waals surface area contributed by atoms with E-state index in [9.17, 15) is 4.79 Å². The Labute approximate surface area is 62.8 Å². The number of alkyl halides is 1. The van der Waals surface area contributed by atoms with Crippen LogP contribution in [-0.2, 0) is 5.88 Å². The van der Waals surface area contributed by atoms with Gasteiger partial charge in [-0.3, -0.25) is 4.79 Å². The zero-order chi connectivity index (χ0) is 7.56. The van der Waals surface area contributed by atoms with Crippen molar-refractivity contribution in [2.24, 2.45) is 0 Å². The minimum Gasteiger partial charge on any atom is -0.398 e. The number of hydrogen-bond donors (Lipinski definition) is 2. The molecule has 0 aromatic carbocycles. The number of pyridine rings is 1. The highest BCUT2D eigenvalue weighted by Gasteiger charge is 1.95. The molecule has 1 heterocycles. The van der Waals surface area contributed by atoms with Crippen LogP contribution in [0, 0.1) is 0 Å². The maximum Gasteiger partial charge on any atom is 0.252 e. The number of anilines is 1. The predicted molar refractivity (Wildman–Crippen MR) is 41.0 cm³/mol. The lowest BCUT2D eigenvalue weighted by molar-refractivity contribution is 1.17. The summed E-state index contributed by atoms with van der Waals surface area (Å²) in [6, 6.07) is 1.56. The van der Waals surface area contributed by atoms with Gasteiger partial charge in [0.1, 0.15) is 0 Å². The van der Waals surface area contributed by atoms with E-state index in [4.69, 9.17) is 17.3 Å². The third-order valence-corrected chi connectivity index (χ3v) is 1.43. The fourth-order valence-electron chi connectivity index (χ4n) is 0.649. The minimum absolute atomic E-state index is 0.177. The lowest BCUT2D eigenvalue weighted by Gasteiger charge is -1.94. The molecule has 0 unspecified atom stereocenters. The summed E-state index contributed by atoms with van der Waals surface area (Å²) in [6.07, 6.45) is 1.44. The number of nitrogens with two attached hydrogens (primary N) is 1. The second kappa shape index (κ2) is 2.75. The van der Waals surface area contributed by atoms with E-state index >= 15 is 0 Å². The number of hydrogen-bond acceptors (Lipinski definition) is 2. The number of aromatic nitrogens is 1. The number of nitrogen functional groups attached to an aromatic ring is 1. The topological polar surface area (TPSA) is 58.9 Å². The molecule has 1 aromatic rings. The van der Waals surface area contributed by atoms with Gasteiger partial charge < -0.3 is 10.7 Å². The van der Waals surface area contributed by atoms with Gasteiger partial charge in [-0.05, 0) is 6.07 Å². The molecule has 0 saturated heterocycles. The van der Waals surface area contributed by atoms with Gasteiger partial charge >= 0.3 is 0 Å². The fourth-order valence-corrected chi connectivity index (χ4v) is 0.848. The van der Waals surface area contributed by atoms with E-state index in [1.54, 1.807) is 6.07 Å². The van der Waals surface area contributed by atoms with Crippen LogP contribution >= 0.6 is 11.6 Å². The van der Waals surface area contributed by atoms with Crippen molar-refractivity contribution in [2.45, 2.75) is 5.88 Å². The molecule has 0 atom stereocenters. The van der Waals surface area contributed by atoms with E-state index in [0.29, 0.717) is 11.3 Å². The molecule has 0 aliphatic heterocycles. The molecule has 0 spiro atoms. The van der Waals surface area contributed by atoms with E-state index in [0.717, 1.165) is 0 Å². The average molecular weight is 159 g/mol. The van der Waals surface area contributed by atoms with Crippen molar-refractivity contribution in [1.82, 2.24) is 4.98 Å². The SMILES string of the molecule is Nc1c[nH]c(=O)c(CCl)c1. The molecule has 1 rings (SSSR count). The maximum atomic E-state index is 10.8. The zero-order valence-corrected chi connectivity index (χ0v) is 5.98. The lowest BCUT2D eigenvalue weighted by atomic mass is 10.3. The monoisotopic (exact) mass is 158 g/mol. The van der Waals surface area contributed by atoms with E-state index in [2.05, 4.69) is 4.98 Å². The van der Waals surface area contributed by atoms with Crippen molar-refractivity contribution >= 4 is 17.3 Å². The van der Waals surface area contributed by atoms with Crippen LogP contribution in [0.3, 0.4) is 0 Å². The number of halogens is 1. The van der Waals surface area contributed by atoms with Crippen molar-refractivity contribution < 1.29 is 0 Å². The molecule has 54 valence electrons. The first-order valence-corrected chi connectivity index (χ1v) is 3.30. The number of aromatic amines is 1. The van der Waals surface area contributed by atoms with E-state index < -0.39 is 0 Å². The van der Waals surface area contributed by atoms with Crippen LogP contribution in [0.2, 0.25) is 0 Å². The predicted octanol–water partition coefficient (Wildman–Crippen LogP) is 0.696. The van der Waals surface area contributed by atoms with Gasteiger partial charge in [-0.1, -0.05) is 0 Å². The zero-order valence-electron chi connectivity index (χ0n) is 5.23. The summed E-state index contributed by atoms with van der Waals surface area (Å²) in [5.41, 5.74) is 6.22. The summed E-state index contributed by atoms with van der Waals surface area (Å²) >= 11 is 5.43. The lowest BCUT2D eigenvalue weighted by Crippen LogP contribution is -2.10. The van der Waals surface area contributed by atoms with Gasteiger partial charge in [0, 0.05) is 17.4 Å². The van der Waals surface area contributed by atoms with Crippen LogP contribution < -0.4 is 11.3 Å². The molecule has 3 N–H and O–H groups in total. The standard InChI is InChI=1S/C6H7ClN2O/c7-2-4-1-5(8)3-9-6(4)10/h1,3H,2,8H2,(H,9,10). The number of rotatable bonds is 1. The molecule has 0 amide bonds. The summed E-state index contributed by atoms with van der Waals surface area (Å²) in [6.45, 7) is 0. The summed E-state index contributed by atoms with van der Waals surface area (Å²) in [5.74, 6) is 0.195. The quantitative estimate of drug-likeness (QED) is 0.591. The Bertz CT molecular complexity index is 281. The molecule has 4 heteroatoms. The first-order valence-electron chi connectivity index (χ1n) is 2.77. The fraction of sp³-hybridized carbons (Fsp3) is 0.167. The van der Waals surface area contributed by atoms with Gasteiger partial charge in [-0.25, -0.2) is 0 Å². The Morgan fingerprint density at radius 3 is 2.90 bits per heavy atom. The summed E-state index contributed by atoms with van der Waals surface area (Å²) in [4.78, 5) is 13.3. The van der Waals surface area contributed by atoms with Crippen LogP contribution in [0.15, 0.2) is 17.1 Å². The molecule has 0 fully saturated rings. The Kier molecular flexibility index (Phi) is 1.97. The molecule has 0 bridgehead atoms. The van der Waals surface area contributed by atoms with Crippen LogP contribution in [0.1, 0.15) is 5.56 Å². The first kappa shape index (κ1) is 7.15. The first-order chi connectivity index (χ1) is 4.74. The van der Waals surface area contributed by atoms with Gasteiger partial charge in [-0.15, -0.1) is 11.6 Å². The van der Waals surface area contributed by atoms with Crippen LogP contribution in [0.4, 0.5) is 5.69 Å². The smallest absolute Gasteiger partial charge is 0.252 e. The molecule has 0 aliphatic rings. The minimum atomic E-state index is -0.177. The summed E-state index contributed by atoms with van der Waals surface area (Å²) in [5, 5.41) is 0. The van der Waals surface area contributed by atoms with Crippen molar-refractivity contribution in [3.8, 4) is 0 Å². The number of nitrogens with one attached hydrogen (secondary N) is 1. The molecule has 0 radical (unpaired) electrons. The maximum absolute atomic E-state index is 10.8. The Balaban J connectivity index is 3.22. The molecule has 1 aromatic heterocycles. The highest BCUT2D eigenvalue weighted by Crippen LogP contribution is 2.01. The molecule has 0 aliphatic carbocycles. The van der Waals surface area contributed by atoms with Crippen LogP contribution in [-0.4, -0.2) is 4.98 Å². The Morgan fingerprint density at radius 2 is 2.40 bits per heavy atom. The molecular formula is C6H7ClN2O. The number of H-pyrrole nitrogens is 1. The van der Waals surface area contributed by atoms with Crippen molar-refractivity contribution in [1.29, 1.82) is 0 Å². The largest absolute Gasteiger partial charge is 0.398 e. The Hall–Kier alpha value is -0.960. The van der Waals surface area contributed by atoms with Crippen LogP contribution in [0.25, 0.3) is 0 Å². The highest BCUT2D eigenvalue weighted by molar-refractivity contribution is 6.17. The van der Waals surface area contributed by atoms with Gasteiger partial charge in [0.25, 0.3) is 5.56 Å².